The van der Waals surface area contributed by atoms with E-state index in [1.807, 2.05) is 6.92 Å². The average molecular weight is 555 g/mol. The number of nitrogens with one attached hydrogen (secondary N) is 2. The summed E-state index contributed by atoms with van der Waals surface area (Å²) in [4.78, 5) is 76.6. The highest BCUT2D eigenvalue weighted by Gasteiger charge is 2.40. The molecule has 2 N–H and O–H groups in total. The van der Waals surface area contributed by atoms with E-state index in [2.05, 4.69) is 10.6 Å². The summed E-state index contributed by atoms with van der Waals surface area (Å²) in [5.41, 5.74) is 0.890. The number of carbonyl (C=O) groups excluding carboxylic acids is 6. The molecule has 1 saturated heterocycles. The van der Waals surface area contributed by atoms with E-state index in [1.165, 1.54) is 28.9 Å². The number of hydrogen-bond donors (Lipinski definition) is 2. The summed E-state index contributed by atoms with van der Waals surface area (Å²) in [6.45, 7) is 6.87. The molecule has 202 valence electrons. The molecule has 4 amide bonds. The van der Waals surface area contributed by atoms with Crippen LogP contribution in [0.5, 0.6) is 0 Å². The normalized spacial score (nSPS) is 17.1. The lowest BCUT2D eigenvalue weighted by Gasteiger charge is -2.42. The van der Waals surface area contributed by atoms with E-state index in [9.17, 15) is 28.8 Å². The molecule has 1 aromatic carbocycles. The van der Waals surface area contributed by atoms with Crippen molar-refractivity contribution in [3.63, 3.8) is 0 Å². The molecule has 12 heteroatoms. The lowest BCUT2D eigenvalue weighted by molar-refractivity contribution is -0.150. The van der Waals surface area contributed by atoms with Crippen LogP contribution >= 0.6 is 23.2 Å². The monoisotopic (exact) mass is 554 g/mol. The SMILES string of the molecule is CCc1c(Cl)cc(C(=O)N[C@H](C(=O)N2CCN(C(C)=O)CC2C(=O)N[C@H](C=O)CC=O)C(C)C)cc1Cl. The number of nitrogens with zero attached hydrogens (tertiary/aromatic N) is 2. The molecule has 37 heavy (non-hydrogen) atoms. The van der Waals surface area contributed by atoms with Crippen molar-refractivity contribution in [1.82, 2.24) is 20.4 Å². The number of amides is 4. The number of rotatable bonds is 10. The molecule has 2 rings (SSSR count). The third-order valence-electron chi connectivity index (χ3n) is 6.23. The van der Waals surface area contributed by atoms with Gasteiger partial charge in [-0.1, -0.05) is 44.0 Å². The van der Waals surface area contributed by atoms with Gasteiger partial charge < -0.3 is 30.0 Å². The molecular formula is C25H32Cl2N4O6. The Bertz CT molecular complexity index is 1040. The standard InChI is InChI=1S/C25H32Cl2N4O6/c1-5-18-19(26)10-16(11-20(18)27)23(35)29-22(14(2)3)25(37)31-8-7-30(15(4)34)12-21(31)24(36)28-17(13-33)6-9-32/h9-11,13-14,17,21-22H,5-8,12H2,1-4H3,(H,28,36)(H,29,35)/t17-,21?,22-/m0/s1. The molecule has 1 aromatic rings. The molecule has 3 atom stereocenters. The Morgan fingerprint density at radius 3 is 2.19 bits per heavy atom. The van der Waals surface area contributed by atoms with Crippen LogP contribution in [0.3, 0.4) is 0 Å². The fraction of sp³-hybridized carbons (Fsp3) is 0.520. The van der Waals surface area contributed by atoms with Crippen molar-refractivity contribution in [2.75, 3.05) is 19.6 Å². The minimum atomic E-state index is -1.12. The van der Waals surface area contributed by atoms with Gasteiger partial charge in [-0.25, -0.2) is 0 Å². The molecule has 0 radical (unpaired) electrons. The van der Waals surface area contributed by atoms with Gasteiger partial charge in [-0.3, -0.25) is 19.2 Å². The summed E-state index contributed by atoms with van der Waals surface area (Å²) < 4.78 is 0. The van der Waals surface area contributed by atoms with Crippen molar-refractivity contribution >= 4 is 59.4 Å². The van der Waals surface area contributed by atoms with Crippen molar-refractivity contribution in [3.05, 3.63) is 33.3 Å². The zero-order valence-corrected chi connectivity index (χ0v) is 22.8. The van der Waals surface area contributed by atoms with Gasteiger partial charge in [0.2, 0.25) is 17.7 Å². The molecule has 0 saturated carbocycles. The molecule has 0 aliphatic carbocycles. The number of carbonyl (C=O) groups is 6. The van der Waals surface area contributed by atoms with E-state index in [0.29, 0.717) is 34.6 Å². The molecule has 1 fully saturated rings. The van der Waals surface area contributed by atoms with Gasteiger partial charge in [0.05, 0.1) is 12.6 Å². The second kappa shape index (κ2) is 13.5. The Morgan fingerprint density at radius 2 is 1.70 bits per heavy atom. The Kier molecular flexibility index (Phi) is 11.1. The second-order valence-corrected chi connectivity index (χ2v) is 9.95. The number of aldehydes is 2. The van der Waals surface area contributed by atoms with Gasteiger partial charge in [0.1, 0.15) is 24.7 Å². The van der Waals surface area contributed by atoms with Gasteiger partial charge in [0.25, 0.3) is 5.91 Å². The summed E-state index contributed by atoms with van der Waals surface area (Å²) >= 11 is 12.5. The van der Waals surface area contributed by atoms with Crippen LogP contribution in [0.2, 0.25) is 10.0 Å². The largest absolute Gasteiger partial charge is 0.344 e. The molecule has 1 aliphatic heterocycles. The van der Waals surface area contributed by atoms with E-state index in [0.717, 1.165) is 0 Å². The van der Waals surface area contributed by atoms with E-state index in [4.69, 9.17) is 23.2 Å². The van der Waals surface area contributed by atoms with Crippen LogP contribution in [0, 0.1) is 5.92 Å². The smallest absolute Gasteiger partial charge is 0.252 e. The van der Waals surface area contributed by atoms with Crippen LogP contribution in [-0.4, -0.2) is 83.8 Å². The third-order valence-corrected chi connectivity index (χ3v) is 6.90. The van der Waals surface area contributed by atoms with Gasteiger partial charge in [0, 0.05) is 42.0 Å². The maximum absolute atomic E-state index is 13.7. The number of piperazine rings is 1. The van der Waals surface area contributed by atoms with E-state index in [-0.39, 0.29) is 43.4 Å². The predicted octanol–water partition coefficient (Wildman–Crippen LogP) is 1.64. The molecule has 10 nitrogen and oxygen atoms in total. The lowest BCUT2D eigenvalue weighted by atomic mass is 9.99. The Hall–Kier alpha value is -2.98. The third kappa shape index (κ3) is 7.52. The summed E-state index contributed by atoms with van der Waals surface area (Å²) in [6.07, 6.45) is 1.29. The quantitative estimate of drug-likeness (QED) is 0.422. The minimum absolute atomic E-state index is 0.0396. The second-order valence-electron chi connectivity index (χ2n) is 9.13. The zero-order valence-electron chi connectivity index (χ0n) is 21.3. The highest BCUT2D eigenvalue weighted by atomic mass is 35.5. The Labute approximate surface area is 226 Å². The molecule has 0 aromatic heterocycles. The number of benzene rings is 1. The highest BCUT2D eigenvalue weighted by Crippen LogP contribution is 2.27. The van der Waals surface area contributed by atoms with Gasteiger partial charge in [-0.2, -0.15) is 0 Å². The molecule has 1 aliphatic rings. The predicted molar refractivity (Wildman–Crippen MR) is 138 cm³/mol. The molecule has 1 heterocycles. The Balaban J connectivity index is 2.32. The van der Waals surface area contributed by atoms with Crippen molar-refractivity contribution < 1.29 is 28.8 Å². The van der Waals surface area contributed by atoms with Crippen LogP contribution in [0.4, 0.5) is 0 Å². The molecular weight excluding hydrogens is 523 g/mol. The van der Waals surface area contributed by atoms with Crippen LogP contribution in [0.1, 0.15) is 50.0 Å². The topological polar surface area (TPSA) is 133 Å². The minimum Gasteiger partial charge on any atom is -0.344 e. The average Bonchev–Trinajstić information content (AvgIpc) is 2.85. The van der Waals surface area contributed by atoms with E-state index >= 15 is 0 Å². The summed E-state index contributed by atoms with van der Waals surface area (Å²) in [7, 11) is 0. The first-order valence-corrected chi connectivity index (χ1v) is 12.7. The van der Waals surface area contributed by atoms with Gasteiger partial charge >= 0.3 is 0 Å². The first-order valence-electron chi connectivity index (χ1n) is 12.0. The summed E-state index contributed by atoms with van der Waals surface area (Å²) in [5.74, 6) is -2.39. The zero-order chi connectivity index (χ0) is 27.9. The number of hydrogen-bond acceptors (Lipinski definition) is 6. The van der Waals surface area contributed by atoms with Crippen LogP contribution in [-0.2, 0) is 30.4 Å². The van der Waals surface area contributed by atoms with E-state index < -0.39 is 35.8 Å². The fourth-order valence-corrected chi connectivity index (χ4v) is 4.83. The maximum Gasteiger partial charge on any atom is 0.252 e. The highest BCUT2D eigenvalue weighted by molar-refractivity contribution is 6.36. The summed E-state index contributed by atoms with van der Waals surface area (Å²) in [5, 5.41) is 5.85. The van der Waals surface area contributed by atoms with Gasteiger partial charge in [-0.15, -0.1) is 0 Å². The maximum atomic E-state index is 13.7. The van der Waals surface area contributed by atoms with Crippen LogP contribution in [0.15, 0.2) is 12.1 Å². The first kappa shape index (κ1) is 30.2. The van der Waals surface area contributed by atoms with Crippen LogP contribution < -0.4 is 10.6 Å². The van der Waals surface area contributed by atoms with E-state index in [1.54, 1.807) is 13.8 Å². The van der Waals surface area contributed by atoms with Gasteiger partial charge in [0.15, 0.2) is 0 Å². The summed E-state index contributed by atoms with van der Waals surface area (Å²) in [6, 6.07) is -0.219. The lowest BCUT2D eigenvalue weighted by Crippen LogP contribution is -2.65. The van der Waals surface area contributed by atoms with Crippen molar-refractivity contribution in [3.8, 4) is 0 Å². The fourth-order valence-electron chi connectivity index (χ4n) is 4.08. The first-order chi connectivity index (χ1) is 17.4. The van der Waals surface area contributed by atoms with Crippen LogP contribution in [0.25, 0.3) is 0 Å². The molecule has 1 unspecified atom stereocenters. The van der Waals surface area contributed by atoms with Crippen molar-refractivity contribution in [1.29, 1.82) is 0 Å². The van der Waals surface area contributed by atoms with Crippen molar-refractivity contribution in [2.45, 2.75) is 58.7 Å². The number of halogens is 2. The molecule has 0 spiro atoms. The molecule has 0 bridgehead atoms. The Morgan fingerprint density at radius 1 is 1.08 bits per heavy atom. The van der Waals surface area contributed by atoms with Gasteiger partial charge in [-0.05, 0) is 30.0 Å². The van der Waals surface area contributed by atoms with Crippen molar-refractivity contribution in [2.24, 2.45) is 5.92 Å².